The fourth-order valence-electron chi connectivity index (χ4n) is 1.62. The Morgan fingerprint density at radius 3 is 2.80 bits per heavy atom. The van der Waals surface area contributed by atoms with Gasteiger partial charge in [0.25, 0.3) is 5.91 Å². The third-order valence-electron chi connectivity index (χ3n) is 2.66. The molecule has 0 aliphatic heterocycles. The number of rotatable bonds is 5. The average molecular weight is 275 g/mol. The summed E-state index contributed by atoms with van der Waals surface area (Å²) in [5, 5.41) is 11.4. The van der Waals surface area contributed by atoms with Gasteiger partial charge in [0.1, 0.15) is 12.0 Å². The van der Waals surface area contributed by atoms with Crippen LogP contribution in [0, 0.1) is 0 Å². The summed E-state index contributed by atoms with van der Waals surface area (Å²) in [5.41, 5.74) is 0.805. The van der Waals surface area contributed by atoms with Crippen LogP contribution in [0.2, 0.25) is 0 Å². The monoisotopic (exact) mass is 275 g/mol. The van der Waals surface area contributed by atoms with Crippen LogP contribution in [0.25, 0.3) is 0 Å². The molecule has 0 aliphatic carbocycles. The van der Waals surface area contributed by atoms with E-state index in [-0.39, 0.29) is 11.3 Å². The minimum Gasteiger partial charge on any atom is -0.497 e. The number of methoxy groups -OCH3 is 1. The number of hydrogen-bond donors (Lipinski definition) is 2. The maximum atomic E-state index is 11.8. The minimum atomic E-state index is -1.14. The topological polar surface area (TPSA) is 88.8 Å². The van der Waals surface area contributed by atoms with Crippen LogP contribution in [-0.2, 0) is 6.54 Å². The maximum Gasteiger partial charge on any atom is 0.338 e. The van der Waals surface area contributed by atoms with Crippen LogP contribution >= 0.6 is 0 Å². The minimum absolute atomic E-state index is 0.0368. The van der Waals surface area contributed by atoms with Gasteiger partial charge in [0.2, 0.25) is 0 Å². The van der Waals surface area contributed by atoms with E-state index in [1.165, 1.54) is 6.07 Å². The smallest absolute Gasteiger partial charge is 0.338 e. The number of furan rings is 1. The van der Waals surface area contributed by atoms with Gasteiger partial charge in [-0.2, -0.15) is 0 Å². The van der Waals surface area contributed by atoms with E-state index in [4.69, 9.17) is 14.3 Å². The van der Waals surface area contributed by atoms with Crippen molar-refractivity contribution >= 4 is 11.9 Å². The Bertz CT molecular complexity index is 632. The lowest BCUT2D eigenvalue weighted by Gasteiger charge is -2.05. The van der Waals surface area contributed by atoms with Gasteiger partial charge >= 0.3 is 5.97 Å². The highest BCUT2D eigenvalue weighted by molar-refractivity contribution is 5.95. The summed E-state index contributed by atoms with van der Waals surface area (Å²) in [6.07, 6.45) is 1.03. The molecule has 0 aliphatic rings. The molecule has 2 aromatic rings. The van der Waals surface area contributed by atoms with E-state index in [1.54, 1.807) is 19.2 Å². The second kappa shape index (κ2) is 5.92. The highest BCUT2D eigenvalue weighted by atomic mass is 16.5. The normalized spacial score (nSPS) is 10.1. The van der Waals surface area contributed by atoms with E-state index in [9.17, 15) is 9.59 Å². The summed E-state index contributed by atoms with van der Waals surface area (Å²) in [4.78, 5) is 22.5. The summed E-state index contributed by atoms with van der Waals surface area (Å²) < 4.78 is 9.98. The van der Waals surface area contributed by atoms with Crippen molar-refractivity contribution < 1.29 is 23.8 Å². The summed E-state index contributed by atoms with van der Waals surface area (Å²) in [6, 6.07) is 8.44. The highest BCUT2D eigenvalue weighted by Gasteiger charge is 2.14. The van der Waals surface area contributed by atoms with Crippen molar-refractivity contribution in [1.82, 2.24) is 5.32 Å². The van der Waals surface area contributed by atoms with Gasteiger partial charge in [-0.1, -0.05) is 12.1 Å². The predicted octanol–water partition coefficient (Wildman–Crippen LogP) is 1.92. The summed E-state index contributed by atoms with van der Waals surface area (Å²) in [5.74, 6) is -0.950. The fraction of sp³-hybridized carbons (Fsp3) is 0.143. The second-order valence-electron chi connectivity index (χ2n) is 4.04. The van der Waals surface area contributed by atoms with Gasteiger partial charge in [0.05, 0.1) is 12.7 Å². The molecule has 2 N–H and O–H groups in total. The van der Waals surface area contributed by atoms with Gasteiger partial charge in [-0.15, -0.1) is 0 Å². The number of benzene rings is 1. The van der Waals surface area contributed by atoms with Gasteiger partial charge in [0.15, 0.2) is 5.76 Å². The number of nitrogens with one attached hydrogen (secondary N) is 1. The van der Waals surface area contributed by atoms with E-state index in [0.29, 0.717) is 12.3 Å². The maximum absolute atomic E-state index is 11.8. The molecular formula is C14H13NO5. The first-order valence-electron chi connectivity index (χ1n) is 5.83. The van der Waals surface area contributed by atoms with Crippen molar-refractivity contribution in [3.8, 4) is 5.75 Å². The molecule has 0 saturated heterocycles. The SMILES string of the molecule is COc1cccc(CNC(=O)c2cc(C(=O)O)co2)c1. The zero-order valence-electron chi connectivity index (χ0n) is 10.8. The fourth-order valence-corrected chi connectivity index (χ4v) is 1.62. The largest absolute Gasteiger partial charge is 0.497 e. The molecule has 2 rings (SSSR count). The molecule has 1 amide bonds. The van der Waals surface area contributed by atoms with Gasteiger partial charge in [-0.05, 0) is 17.7 Å². The Labute approximate surface area is 115 Å². The third-order valence-corrected chi connectivity index (χ3v) is 2.66. The van der Waals surface area contributed by atoms with Crippen LogP contribution in [-0.4, -0.2) is 24.1 Å². The Hall–Kier alpha value is -2.76. The zero-order chi connectivity index (χ0) is 14.5. The molecule has 6 heteroatoms. The van der Waals surface area contributed by atoms with Crippen molar-refractivity contribution in [1.29, 1.82) is 0 Å². The number of amides is 1. The highest BCUT2D eigenvalue weighted by Crippen LogP contribution is 2.13. The predicted molar refractivity (Wildman–Crippen MR) is 69.8 cm³/mol. The van der Waals surface area contributed by atoms with Crippen molar-refractivity contribution in [3.63, 3.8) is 0 Å². The second-order valence-corrected chi connectivity index (χ2v) is 4.04. The lowest BCUT2D eigenvalue weighted by atomic mass is 10.2. The molecule has 0 bridgehead atoms. The number of carboxylic acids is 1. The van der Waals surface area contributed by atoms with Gasteiger partial charge in [-0.25, -0.2) is 4.79 Å². The van der Waals surface area contributed by atoms with Crippen molar-refractivity contribution in [2.24, 2.45) is 0 Å². The molecule has 0 spiro atoms. The number of carboxylic acid groups (broad SMARTS) is 1. The van der Waals surface area contributed by atoms with E-state index >= 15 is 0 Å². The molecule has 6 nitrogen and oxygen atoms in total. The Morgan fingerprint density at radius 2 is 2.15 bits per heavy atom. The Kier molecular flexibility index (Phi) is 4.05. The molecule has 1 aromatic heterocycles. The van der Waals surface area contributed by atoms with Crippen LogP contribution in [0.4, 0.5) is 0 Å². The summed E-state index contributed by atoms with van der Waals surface area (Å²) in [7, 11) is 1.56. The first-order chi connectivity index (χ1) is 9.60. The average Bonchev–Trinajstić information content (AvgIpc) is 2.95. The quantitative estimate of drug-likeness (QED) is 0.870. The lowest BCUT2D eigenvalue weighted by molar-refractivity contribution is 0.0696. The lowest BCUT2D eigenvalue weighted by Crippen LogP contribution is -2.22. The molecule has 1 heterocycles. The van der Waals surface area contributed by atoms with Crippen LogP contribution < -0.4 is 10.1 Å². The summed E-state index contributed by atoms with van der Waals surface area (Å²) in [6.45, 7) is 0.291. The van der Waals surface area contributed by atoms with Gasteiger partial charge in [0, 0.05) is 12.6 Å². The van der Waals surface area contributed by atoms with E-state index in [1.807, 2.05) is 12.1 Å². The molecule has 104 valence electrons. The first-order valence-corrected chi connectivity index (χ1v) is 5.83. The number of carbonyl (C=O) groups is 2. The van der Waals surface area contributed by atoms with Crippen LogP contribution in [0.3, 0.4) is 0 Å². The van der Waals surface area contributed by atoms with Gasteiger partial charge < -0.3 is 19.6 Å². The Morgan fingerprint density at radius 1 is 1.35 bits per heavy atom. The molecule has 0 fully saturated rings. The number of carbonyl (C=O) groups excluding carboxylic acids is 1. The van der Waals surface area contributed by atoms with E-state index < -0.39 is 11.9 Å². The van der Waals surface area contributed by atoms with E-state index in [0.717, 1.165) is 11.8 Å². The molecule has 20 heavy (non-hydrogen) atoms. The molecule has 0 saturated carbocycles. The first kappa shape index (κ1) is 13.7. The van der Waals surface area contributed by atoms with Crippen LogP contribution in [0.1, 0.15) is 26.5 Å². The molecule has 1 aromatic carbocycles. The Balaban J connectivity index is 1.98. The van der Waals surface area contributed by atoms with E-state index in [2.05, 4.69) is 5.32 Å². The third kappa shape index (κ3) is 3.17. The summed E-state index contributed by atoms with van der Waals surface area (Å²) >= 11 is 0. The molecule has 0 radical (unpaired) electrons. The van der Waals surface area contributed by atoms with Crippen molar-refractivity contribution in [2.75, 3.05) is 7.11 Å². The van der Waals surface area contributed by atoms with Crippen LogP contribution in [0.5, 0.6) is 5.75 Å². The number of hydrogen-bond acceptors (Lipinski definition) is 4. The number of aromatic carboxylic acids is 1. The molecule has 0 unspecified atom stereocenters. The standard InChI is InChI=1S/C14H13NO5/c1-19-11-4-2-3-9(5-11)7-15-13(16)12-6-10(8-20-12)14(17)18/h2-6,8H,7H2,1H3,(H,15,16)(H,17,18). The molecule has 0 atom stereocenters. The number of ether oxygens (including phenoxy) is 1. The zero-order valence-corrected chi connectivity index (χ0v) is 10.8. The van der Waals surface area contributed by atoms with Crippen molar-refractivity contribution in [2.45, 2.75) is 6.54 Å². The molecular weight excluding hydrogens is 262 g/mol. The van der Waals surface area contributed by atoms with Gasteiger partial charge in [-0.3, -0.25) is 4.79 Å². The van der Waals surface area contributed by atoms with Crippen molar-refractivity contribution in [3.05, 3.63) is 53.5 Å². The van der Waals surface area contributed by atoms with Crippen LogP contribution in [0.15, 0.2) is 41.0 Å².